The second-order valence-corrected chi connectivity index (χ2v) is 5.30. The van der Waals surface area contributed by atoms with Crippen LogP contribution in [0.15, 0.2) is 65.6 Å². The summed E-state index contributed by atoms with van der Waals surface area (Å²) in [5.41, 5.74) is 6.09. The molecular formula is C18H15N3O3. The number of nitrogens with two attached hydrogens (primary N) is 1. The fraction of sp³-hybridized carbons (Fsp3) is 0.0556. The molecular weight excluding hydrogens is 306 g/mol. The highest BCUT2D eigenvalue weighted by molar-refractivity contribution is 5.99. The number of primary amides is 1. The molecule has 0 spiro atoms. The van der Waals surface area contributed by atoms with Crippen LogP contribution in [0.5, 0.6) is 0 Å². The van der Waals surface area contributed by atoms with Gasteiger partial charge in [0.25, 0.3) is 5.91 Å². The number of carbonyl (C=O) groups excluding carboxylic acids is 2. The first-order valence-corrected chi connectivity index (χ1v) is 7.33. The van der Waals surface area contributed by atoms with Gasteiger partial charge in [-0.2, -0.15) is 0 Å². The largest absolute Gasteiger partial charge is 0.368 e. The number of aromatic amines is 1. The predicted molar refractivity (Wildman–Crippen MR) is 90.4 cm³/mol. The average Bonchev–Trinajstić information content (AvgIpc) is 2.60. The lowest BCUT2D eigenvalue weighted by atomic mass is 10.1. The summed E-state index contributed by atoms with van der Waals surface area (Å²) in [4.78, 5) is 39.5. The summed E-state index contributed by atoms with van der Waals surface area (Å²) in [6.45, 7) is 0. The Morgan fingerprint density at radius 2 is 1.67 bits per heavy atom. The number of para-hydroxylation sites is 1. The van der Waals surface area contributed by atoms with Crippen molar-refractivity contribution in [2.45, 2.75) is 6.04 Å². The Hall–Kier alpha value is -3.41. The van der Waals surface area contributed by atoms with E-state index in [4.69, 9.17) is 5.73 Å². The van der Waals surface area contributed by atoms with E-state index in [1.165, 1.54) is 6.20 Å². The zero-order valence-corrected chi connectivity index (χ0v) is 12.7. The number of hydrogen-bond acceptors (Lipinski definition) is 3. The van der Waals surface area contributed by atoms with E-state index >= 15 is 0 Å². The zero-order valence-electron chi connectivity index (χ0n) is 12.7. The van der Waals surface area contributed by atoms with E-state index in [0.717, 1.165) is 0 Å². The number of benzene rings is 2. The quantitative estimate of drug-likeness (QED) is 0.678. The van der Waals surface area contributed by atoms with Crippen LogP contribution in [0.4, 0.5) is 0 Å². The third kappa shape index (κ3) is 2.89. The molecule has 1 aromatic heterocycles. The zero-order chi connectivity index (χ0) is 17.1. The molecule has 0 aliphatic heterocycles. The lowest BCUT2D eigenvalue weighted by molar-refractivity contribution is -0.120. The molecule has 120 valence electrons. The molecule has 6 nitrogen and oxygen atoms in total. The molecule has 3 aromatic rings. The summed E-state index contributed by atoms with van der Waals surface area (Å²) in [6.07, 6.45) is 1.34. The van der Waals surface area contributed by atoms with Crippen molar-refractivity contribution in [1.29, 1.82) is 0 Å². The van der Waals surface area contributed by atoms with E-state index in [2.05, 4.69) is 10.3 Å². The Balaban J connectivity index is 1.96. The topological polar surface area (TPSA) is 105 Å². The molecule has 0 aliphatic carbocycles. The smallest absolute Gasteiger partial charge is 0.257 e. The van der Waals surface area contributed by atoms with Gasteiger partial charge in [-0.05, 0) is 17.7 Å². The number of rotatable bonds is 4. The van der Waals surface area contributed by atoms with Gasteiger partial charge in [-0.1, -0.05) is 42.5 Å². The van der Waals surface area contributed by atoms with Crippen LogP contribution in [0.25, 0.3) is 10.9 Å². The number of pyridine rings is 1. The minimum absolute atomic E-state index is 0.0733. The number of aromatic nitrogens is 1. The van der Waals surface area contributed by atoms with Crippen molar-refractivity contribution in [2.75, 3.05) is 0 Å². The van der Waals surface area contributed by atoms with Gasteiger partial charge in [0.2, 0.25) is 11.3 Å². The highest BCUT2D eigenvalue weighted by atomic mass is 16.2. The number of H-pyrrole nitrogens is 1. The van der Waals surface area contributed by atoms with Crippen molar-refractivity contribution in [3.8, 4) is 0 Å². The van der Waals surface area contributed by atoms with Crippen LogP contribution in [0.2, 0.25) is 0 Å². The summed E-state index contributed by atoms with van der Waals surface area (Å²) >= 11 is 0. The van der Waals surface area contributed by atoms with Gasteiger partial charge >= 0.3 is 0 Å². The Morgan fingerprint density at radius 1 is 1.00 bits per heavy atom. The minimum Gasteiger partial charge on any atom is -0.368 e. The number of hydrogen-bond donors (Lipinski definition) is 3. The van der Waals surface area contributed by atoms with Crippen LogP contribution in [0.1, 0.15) is 22.0 Å². The van der Waals surface area contributed by atoms with Gasteiger partial charge in [-0.3, -0.25) is 14.4 Å². The molecule has 4 N–H and O–H groups in total. The Labute approximate surface area is 137 Å². The van der Waals surface area contributed by atoms with Crippen molar-refractivity contribution in [1.82, 2.24) is 10.3 Å². The normalized spacial score (nSPS) is 11.8. The van der Waals surface area contributed by atoms with Gasteiger partial charge in [0, 0.05) is 17.1 Å². The van der Waals surface area contributed by atoms with Crippen LogP contribution in [-0.4, -0.2) is 16.8 Å². The fourth-order valence-corrected chi connectivity index (χ4v) is 2.51. The van der Waals surface area contributed by atoms with Gasteiger partial charge in [0.05, 0.1) is 0 Å². The van der Waals surface area contributed by atoms with Crippen LogP contribution < -0.4 is 16.5 Å². The number of nitrogens with one attached hydrogen (secondary N) is 2. The van der Waals surface area contributed by atoms with Crippen molar-refractivity contribution < 1.29 is 9.59 Å². The van der Waals surface area contributed by atoms with Crippen LogP contribution in [0.3, 0.4) is 0 Å². The summed E-state index contributed by atoms with van der Waals surface area (Å²) in [7, 11) is 0. The monoisotopic (exact) mass is 321 g/mol. The summed E-state index contributed by atoms with van der Waals surface area (Å²) in [5.74, 6) is -1.36. The van der Waals surface area contributed by atoms with Crippen molar-refractivity contribution in [2.24, 2.45) is 5.73 Å². The van der Waals surface area contributed by atoms with Crippen LogP contribution >= 0.6 is 0 Å². The van der Waals surface area contributed by atoms with Crippen LogP contribution in [-0.2, 0) is 4.79 Å². The molecule has 24 heavy (non-hydrogen) atoms. The molecule has 6 heteroatoms. The number of carbonyl (C=O) groups is 2. The van der Waals surface area contributed by atoms with Crippen molar-refractivity contribution >= 4 is 22.7 Å². The maximum Gasteiger partial charge on any atom is 0.257 e. The summed E-state index contributed by atoms with van der Waals surface area (Å²) < 4.78 is 0. The van der Waals surface area contributed by atoms with Crippen molar-refractivity contribution in [3.63, 3.8) is 0 Å². The Morgan fingerprint density at radius 3 is 2.38 bits per heavy atom. The second kappa shape index (κ2) is 6.37. The number of amides is 2. The van der Waals surface area contributed by atoms with E-state index in [1.807, 2.05) is 0 Å². The average molecular weight is 321 g/mol. The first kappa shape index (κ1) is 15.5. The van der Waals surface area contributed by atoms with Gasteiger partial charge < -0.3 is 16.0 Å². The molecule has 0 unspecified atom stereocenters. The van der Waals surface area contributed by atoms with Crippen molar-refractivity contribution in [3.05, 3.63) is 82.1 Å². The molecule has 0 fully saturated rings. The maximum atomic E-state index is 12.5. The van der Waals surface area contributed by atoms with Gasteiger partial charge in [-0.15, -0.1) is 0 Å². The molecule has 1 atom stereocenters. The highest BCUT2D eigenvalue weighted by Gasteiger charge is 2.22. The van der Waals surface area contributed by atoms with E-state index < -0.39 is 23.3 Å². The van der Waals surface area contributed by atoms with E-state index in [-0.39, 0.29) is 5.56 Å². The highest BCUT2D eigenvalue weighted by Crippen LogP contribution is 2.13. The maximum absolute atomic E-state index is 12.5. The van der Waals surface area contributed by atoms with E-state index in [1.54, 1.807) is 54.6 Å². The molecule has 2 aromatic carbocycles. The first-order chi connectivity index (χ1) is 11.6. The molecule has 0 saturated heterocycles. The van der Waals surface area contributed by atoms with E-state index in [0.29, 0.717) is 16.5 Å². The fourth-order valence-electron chi connectivity index (χ4n) is 2.51. The molecule has 0 radical (unpaired) electrons. The standard InChI is InChI=1S/C18H15N3O3/c19-17(23)15(11-6-2-1-3-7-11)21-18(24)13-10-20-14-9-5-4-8-12(14)16(13)22/h1-10,15H,(H2,19,23)(H,20,22)(H,21,24)/t15-/m0/s1. The summed E-state index contributed by atoms with van der Waals surface area (Å²) in [5, 5.41) is 2.92. The minimum atomic E-state index is -1.01. The van der Waals surface area contributed by atoms with Gasteiger partial charge in [-0.25, -0.2) is 0 Å². The molecule has 0 bridgehead atoms. The molecule has 2 amide bonds. The SMILES string of the molecule is NC(=O)[C@@H](NC(=O)c1c[nH]c2ccccc2c1=O)c1ccccc1. The molecule has 0 aliphatic rings. The predicted octanol–water partition coefficient (Wildman–Crippen LogP) is 1.48. The Bertz CT molecular complexity index is 964. The molecule has 3 rings (SSSR count). The lowest BCUT2D eigenvalue weighted by Gasteiger charge is -2.15. The van der Waals surface area contributed by atoms with Gasteiger partial charge in [0.1, 0.15) is 11.6 Å². The third-order valence-corrected chi connectivity index (χ3v) is 3.73. The number of fused-ring (bicyclic) bond motifs is 1. The Kier molecular flexibility index (Phi) is 4.11. The molecule has 1 heterocycles. The van der Waals surface area contributed by atoms with Crippen LogP contribution in [0, 0.1) is 0 Å². The van der Waals surface area contributed by atoms with E-state index in [9.17, 15) is 14.4 Å². The van der Waals surface area contributed by atoms with Gasteiger partial charge in [0.15, 0.2) is 0 Å². The second-order valence-electron chi connectivity index (χ2n) is 5.30. The first-order valence-electron chi connectivity index (χ1n) is 7.33. The third-order valence-electron chi connectivity index (χ3n) is 3.73. The molecule has 0 saturated carbocycles. The summed E-state index contributed by atoms with van der Waals surface area (Å²) in [6, 6.07) is 14.5. The lowest BCUT2D eigenvalue weighted by Crippen LogP contribution is -2.39.